The summed E-state index contributed by atoms with van der Waals surface area (Å²) in [6.45, 7) is 1.22. The zero-order valence-electron chi connectivity index (χ0n) is 7.06. The summed E-state index contributed by atoms with van der Waals surface area (Å²) in [4.78, 5) is 0. The zero-order chi connectivity index (χ0) is 8.77. The van der Waals surface area contributed by atoms with E-state index in [2.05, 4.69) is 0 Å². The van der Waals surface area contributed by atoms with Crippen LogP contribution in [0.5, 0.6) is 0 Å². The summed E-state index contributed by atoms with van der Waals surface area (Å²) < 4.78 is 29.1. The molecule has 12 heavy (non-hydrogen) atoms. The molecule has 2 unspecified atom stereocenters. The van der Waals surface area contributed by atoms with Gasteiger partial charge < -0.3 is 4.74 Å². The number of epoxide rings is 1. The molecule has 2 rings (SSSR count). The summed E-state index contributed by atoms with van der Waals surface area (Å²) in [5.74, 6) is 0. The zero-order valence-corrected chi connectivity index (χ0v) is 7.88. The molecule has 5 heteroatoms. The second kappa shape index (κ2) is 2.68. The van der Waals surface area contributed by atoms with Crippen molar-refractivity contribution in [3.05, 3.63) is 0 Å². The SMILES string of the molecule is CS(=O)(=O)N1CCCC2OC2C1. The Labute approximate surface area is 72.6 Å². The van der Waals surface area contributed by atoms with Crippen molar-refractivity contribution in [2.45, 2.75) is 25.0 Å². The lowest BCUT2D eigenvalue weighted by Crippen LogP contribution is -2.33. The van der Waals surface area contributed by atoms with Gasteiger partial charge in [0.25, 0.3) is 0 Å². The molecule has 0 N–H and O–H groups in total. The standard InChI is InChI=1S/C7H13NO3S/c1-12(9,10)8-4-2-3-6-7(5-8)11-6/h6-7H,2-5H2,1H3. The third-order valence-electron chi connectivity index (χ3n) is 2.44. The molecule has 0 radical (unpaired) electrons. The van der Waals surface area contributed by atoms with Crippen LogP contribution in [0.4, 0.5) is 0 Å². The highest BCUT2D eigenvalue weighted by Crippen LogP contribution is 2.30. The molecule has 0 aromatic carbocycles. The Kier molecular flexibility index (Phi) is 1.89. The van der Waals surface area contributed by atoms with Crippen LogP contribution in [-0.4, -0.2) is 44.3 Å². The monoisotopic (exact) mass is 191 g/mol. The van der Waals surface area contributed by atoms with Gasteiger partial charge in [-0.25, -0.2) is 8.42 Å². The molecule has 0 saturated carbocycles. The fourth-order valence-corrected chi connectivity index (χ4v) is 2.53. The Morgan fingerprint density at radius 2 is 2.17 bits per heavy atom. The van der Waals surface area contributed by atoms with Crippen molar-refractivity contribution in [1.82, 2.24) is 4.31 Å². The molecular weight excluding hydrogens is 178 g/mol. The Morgan fingerprint density at radius 3 is 2.83 bits per heavy atom. The molecule has 0 aliphatic carbocycles. The number of nitrogens with zero attached hydrogens (tertiary/aromatic N) is 1. The molecule has 70 valence electrons. The van der Waals surface area contributed by atoms with Gasteiger partial charge in [0, 0.05) is 13.1 Å². The summed E-state index contributed by atoms with van der Waals surface area (Å²) in [7, 11) is -3.00. The fraction of sp³-hybridized carbons (Fsp3) is 1.00. The van der Waals surface area contributed by atoms with E-state index in [1.165, 1.54) is 10.6 Å². The Balaban J connectivity index is 2.06. The number of rotatable bonds is 1. The molecule has 2 heterocycles. The normalized spacial score (nSPS) is 37.1. The first-order chi connectivity index (χ1) is 5.57. The van der Waals surface area contributed by atoms with Gasteiger partial charge in [0.2, 0.25) is 10.0 Å². The molecule has 4 nitrogen and oxygen atoms in total. The number of hydrogen-bond donors (Lipinski definition) is 0. The van der Waals surface area contributed by atoms with E-state index in [0.29, 0.717) is 19.2 Å². The van der Waals surface area contributed by atoms with E-state index in [9.17, 15) is 8.42 Å². The van der Waals surface area contributed by atoms with Gasteiger partial charge in [0.15, 0.2) is 0 Å². The number of hydrogen-bond acceptors (Lipinski definition) is 3. The van der Waals surface area contributed by atoms with E-state index in [1.54, 1.807) is 0 Å². The van der Waals surface area contributed by atoms with E-state index < -0.39 is 10.0 Å². The highest BCUT2D eigenvalue weighted by atomic mass is 32.2. The number of fused-ring (bicyclic) bond motifs is 1. The first kappa shape index (κ1) is 8.47. The molecule has 0 bridgehead atoms. The highest BCUT2D eigenvalue weighted by Gasteiger charge is 2.42. The summed E-state index contributed by atoms with van der Waals surface area (Å²) in [5.41, 5.74) is 0. The van der Waals surface area contributed by atoms with Crippen molar-refractivity contribution < 1.29 is 13.2 Å². The van der Waals surface area contributed by atoms with E-state index in [0.717, 1.165) is 12.8 Å². The summed E-state index contributed by atoms with van der Waals surface area (Å²) in [5, 5.41) is 0. The van der Waals surface area contributed by atoms with Crippen LogP contribution in [0, 0.1) is 0 Å². The van der Waals surface area contributed by atoms with Crippen molar-refractivity contribution in [2.24, 2.45) is 0 Å². The van der Waals surface area contributed by atoms with Crippen molar-refractivity contribution in [3.63, 3.8) is 0 Å². The van der Waals surface area contributed by atoms with E-state index in [1.807, 2.05) is 0 Å². The van der Waals surface area contributed by atoms with E-state index in [4.69, 9.17) is 4.74 Å². The Bertz CT molecular complexity index is 274. The lowest BCUT2D eigenvalue weighted by molar-refractivity contribution is 0.297. The third kappa shape index (κ3) is 1.62. The molecular formula is C7H13NO3S. The molecule has 0 amide bonds. The van der Waals surface area contributed by atoms with Gasteiger partial charge in [0.1, 0.15) is 0 Å². The number of ether oxygens (including phenoxy) is 1. The lowest BCUT2D eigenvalue weighted by Gasteiger charge is -2.16. The predicted molar refractivity (Wildman–Crippen MR) is 44.3 cm³/mol. The first-order valence-corrected chi connectivity index (χ1v) is 6.03. The maximum Gasteiger partial charge on any atom is 0.211 e. The van der Waals surface area contributed by atoms with Crippen LogP contribution in [-0.2, 0) is 14.8 Å². The lowest BCUT2D eigenvalue weighted by atomic mass is 10.2. The third-order valence-corrected chi connectivity index (χ3v) is 3.71. The van der Waals surface area contributed by atoms with Crippen LogP contribution < -0.4 is 0 Å². The second-order valence-electron chi connectivity index (χ2n) is 3.48. The minimum Gasteiger partial charge on any atom is -0.368 e. The summed E-state index contributed by atoms with van der Waals surface area (Å²) >= 11 is 0. The maximum absolute atomic E-state index is 11.2. The van der Waals surface area contributed by atoms with E-state index >= 15 is 0 Å². The van der Waals surface area contributed by atoms with Gasteiger partial charge in [-0.1, -0.05) is 0 Å². The second-order valence-corrected chi connectivity index (χ2v) is 5.46. The van der Waals surface area contributed by atoms with Crippen LogP contribution in [0.15, 0.2) is 0 Å². The quantitative estimate of drug-likeness (QED) is 0.540. The van der Waals surface area contributed by atoms with Crippen molar-refractivity contribution in [3.8, 4) is 0 Å². The van der Waals surface area contributed by atoms with Crippen LogP contribution in [0.3, 0.4) is 0 Å². The predicted octanol–water partition coefficient (Wildman–Crippen LogP) is -0.191. The van der Waals surface area contributed by atoms with Crippen molar-refractivity contribution in [2.75, 3.05) is 19.3 Å². The fourth-order valence-electron chi connectivity index (χ4n) is 1.66. The molecule has 0 spiro atoms. The van der Waals surface area contributed by atoms with Gasteiger partial charge in [-0.05, 0) is 12.8 Å². The Hall–Kier alpha value is -0.130. The molecule has 2 aliphatic heterocycles. The smallest absolute Gasteiger partial charge is 0.211 e. The molecule has 2 fully saturated rings. The molecule has 2 saturated heterocycles. The van der Waals surface area contributed by atoms with Gasteiger partial charge in [-0.2, -0.15) is 4.31 Å². The average Bonchev–Trinajstić information content (AvgIpc) is 2.56. The molecule has 0 aromatic rings. The molecule has 0 aromatic heterocycles. The summed E-state index contributed by atoms with van der Waals surface area (Å²) in [6, 6.07) is 0. The molecule has 2 aliphatic rings. The Morgan fingerprint density at radius 1 is 1.42 bits per heavy atom. The van der Waals surface area contributed by atoms with Crippen molar-refractivity contribution >= 4 is 10.0 Å². The summed E-state index contributed by atoms with van der Waals surface area (Å²) in [6.07, 6.45) is 3.72. The van der Waals surface area contributed by atoms with Gasteiger partial charge in [-0.15, -0.1) is 0 Å². The van der Waals surface area contributed by atoms with Gasteiger partial charge in [0.05, 0.1) is 18.5 Å². The first-order valence-electron chi connectivity index (χ1n) is 4.18. The number of sulfonamides is 1. The van der Waals surface area contributed by atoms with Crippen LogP contribution in [0.2, 0.25) is 0 Å². The van der Waals surface area contributed by atoms with Crippen LogP contribution in [0.1, 0.15) is 12.8 Å². The minimum atomic E-state index is -3.00. The average molecular weight is 191 g/mol. The molecule has 2 atom stereocenters. The highest BCUT2D eigenvalue weighted by molar-refractivity contribution is 7.88. The van der Waals surface area contributed by atoms with Crippen LogP contribution >= 0.6 is 0 Å². The van der Waals surface area contributed by atoms with Gasteiger partial charge in [-0.3, -0.25) is 0 Å². The maximum atomic E-state index is 11.2. The topological polar surface area (TPSA) is 49.9 Å². The minimum absolute atomic E-state index is 0.183. The van der Waals surface area contributed by atoms with E-state index in [-0.39, 0.29) is 6.10 Å². The van der Waals surface area contributed by atoms with Gasteiger partial charge >= 0.3 is 0 Å². The van der Waals surface area contributed by atoms with Crippen molar-refractivity contribution in [1.29, 1.82) is 0 Å². The largest absolute Gasteiger partial charge is 0.368 e. The van der Waals surface area contributed by atoms with Crippen LogP contribution in [0.25, 0.3) is 0 Å².